The van der Waals surface area contributed by atoms with Crippen LogP contribution >= 0.6 is 0 Å². The third-order valence-corrected chi connectivity index (χ3v) is 5.26. The second-order valence-corrected chi connectivity index (χ2v) is 7.87. The van der Waals surface area contributed by atoms with E-state index < -0.39 is 0 Å². The summed E-state index contributed by atoms with van der Waals surface area (Å²) < 4.78 is 11.2. The molecule has 7 nitrogen and oxygen atoms in total. The minimum Gasteiger partial charge on any atom is -0.497 e. The molecule has 1 aliphatic heterocycles. The standard InChI is InChI=1S/C24H35N5O2/c1-5-25-24(26-17-19(3)31-22-10-7-9-21(16-22)30-4)28-20-12-14-29(15-13-20)23-11-6-8-18(2)27-23/h6-11,16,19-20H,5,12-15,17H2,1-4H3,(H2,25,26,28). The molecule has 1 unspecified atom stereocenters. The van der Waals surface area contributed by atoms with Crippen molar-refractivity contribution in [1.29, 1.82) is 0 Å². The number of aliphatic imine (C=N–C) groups is 1. The van der Waals surface area contributed by atoms with E-state index in [1.807, 2.05) is 44.2 Å². The average molecular weight is 426 g/mol. The quantitative estimate of drug-likeness (QED) is 0.499. The maximum Gasteiger partial charge on any atom is 0.191 e. The molecule has 2 heterocycles. The lowest BCUT2D eigenvalue weighted by Crippen LogP contribution is -2.49. The van der Waals surface area contributed by atoms with Gasteiger partial charge in [-0.15, -0.1) is 0 Å². The third-order valence-electron chi connectivity index (χ3n) is 5.26. The lowest BCUT2D eigenvalue weighted by atomic mass is 10.1. The predicted octanol–water partition coefficient (Wildman–Crippen LogP) is 3.39. The van der Waals surface area contributed by atoms with E-state index in [9.17, 15) is 0 Å². The smallest absolute Gasteiger partial charge is 0.191 e. The molecule has 0 spiro atoms. The lowest BCUT2D eigenvalue weighted by Gasteiger charge is -2.34. The highest BCUT2D eigenvalue weighted by Gasteiger charge is 2.21. The highest BCUT2D eigenvalue weighted by molar-refractivity contribution is 5.80. The summed E-state index contributed by atoms with van der Waals surface area (Å²) in [5, 5.41) is 6.95. The van der Waals surface area contributed by atoms with Gasteiger partial charge in [0.05, 0.1) is 13.7 Å². The summed E-state index contributed by atoms with van der Waals surface area (Å²) in [6.07, 6.45) is 2.06. The zero-order valence-electron chi connectivity index (χ0n) is 19.1. The summed E-state index contributed by atoms with van der Waals surface area (Å²) in [6.45, 7) is 9.52. The maximum atomic E-state index is 5.99. The van der Waals surface area contributed by atoms with Crippen LogP contribution in [0, 0.1) is 6.92 Å². The number of hydrogen-bond acceptors (Lipinski definition) is 5. The molecular weight excluding hydrogens is 390 g/mol. The van der Waals surface area contributed by atoms with Gasteiger partial charge in [-0.1, -0.05) is 12.1 Å². The Balaban J connectivity index is 1.50. The number of guanidine groups is 1. The molecule has 1 saturated heterocycles. The van der Waals surface area contributed by atoms with Crippen molar-refractivity contribution < 1.29 is 9.47 Å². The van der Waals surface area contributed by atoms with Crippen molar-refractivity contribution in [2.45, 2.75) is 45.8 Å². The van der Waals surface area contributed by atoms with Crippen molar-refractivity contribution in [3.63, 3.8) is 0 Å². The number of anilines is 1. The van der Waals surface area contributed by atoms with E-state index in [-0.39, 0.29) is 6.10 Å². The highest BCUT2D eigenvalue weighted by atomic mass is 16.5. The Kier molecular flexibility index (Phi) is 8.38. The number of aromatic nitrogens is 1. The molecule has 2 aromatic rings. The van der Waals surface area contributed by atoms with Crippen LogP contribution in [0.15, 0.2) is 47.5 Å². The van der Waals surface area contributed by atoms with Gasteiger partial charge in [-0.2, -0.15) is 0 Å². The molecule has 1 aliphatic rings. The fourth-order valence-electron chi connectivity index (χ4n) is 3.63. The Bertz CT molecular complexity index is 849. The lowest BCUT2D eigenvalue weighted by molar-refractivity contribution is 0.229. The Morgan fingerprint density at radius 2 is 1.94 bits per heavy atom. The highest BCUT2D eigenvalue weighted by Crippen LogP contribution is 2.20. The number of rotatable bonds is 8. The molecule has 7 heteroatoms. The predicted molar refractivity (Wildman–Crippen MR) is 126 cm³/mol. The molecule has 31 heavy (non-hydrogen) atoms. The zero-order chi connectivity index (χ0) is 22.1. The summed E-state index contributed by atoms with van der Waals surface area (Å²) in [5.74, 6) is 3.49. The number of aryl methyl sites for hydroxylation is 1. The van der Waals surface area contributed by atoms with Crippen molar-refractivity contribution in [1.82, 2.24) is 15.6 Å². The fraction of sp³-hybridized carbons (Fsp3) is 0.500. The molecule has 2 N–H and O–H groups in total. The average Bonchev–Trinajstić information content (AvgIpc) is 2.78. The van der Waals surface area contributed by atoms with Crippen molar-refractivity contribution >= 4 is 11.8 Å². The molecule has 0 amide bonds. The number of ether oxygens (including phenoxy) is 2. The molecule has 0 radical (unpaired) electrons. The van der Waals surface area contributed by atoms with Crippen LogP contribution in [0.5, 0.6) is 11.5 Å². The fourth-order valence-corrected chi connectivity index (χ4v) is 3.63. The number of benzene rings is 1. The Morgan fingerprint density at radius 1 is 1.19 bits per heavy atom. The first kappa shape index (κ1) is 22.7. The number of nitrogens with one attached hydrogen (secondary N) is 2. The van der Waals surface area contributed by atoms with Gasteiger partial charge in [0.1, 0.15) is 23.4 Å². The number of pyridine rings is 1. The molecule has 0 saturated carbocycles. The second-order valence-electron chi connectivity index (χ2n) is 7.87. The van der Waals surface area contributed by atoms with Gasteiger partial charge in [0.15, 0.2) is 5.96 Å². The van der Waals surface area contributed by atoms with E-state index in [1.54, 1.807) is 7.11 Å². The van der Waals surface area contributed by atoms with Crippen LogP contribution in [0.4, 0.5) is 5.82 Å². The largest absolute Gasteiger partial charge is 0.497 e. The molecule has 0 aliphatic carbocycles. The second kappa shape index (κ2) is 11.4. The minimum absolute atomic E-state index is 0.0446. The van der Waals surface area contributed by atoms with Gasteiger partial charge in [-0.05, 0) is 57.9 Å². The number of piperidine rings is 1. The van der Waals surface area contributed by atoms with Crippen LogP contribution in [0.25, 0.3) is 0 Å². The first-order chi connectivity index (χ1) is 15.1. The Hall–Kier alpha value is -2.96. The van der Waals surface area contributed by atoms with E-state index >= 15 is 0 Å². The molecule has 1 aromatic heterocycles. The van der Waals surface area contributed by atoms with Gasteiger partial charge in [0, 0.05) is 37.4 Å². The van der Waals surface area contributed by atoms with Gasteiger partial charge in [-0.3, -0.25) is 0 Å². The monoisotopic (exact) mass is 425 g/mol. The Morgan fingerprint density at radius 3 is 2.65 bits per heavy atom. The first-order valence-corrected chi connectivity index (χ1v) is 11.1. The molecular formula is C24H35N5O2. The van der Waals surface area contributed by atoms with Crippen molar-refractivity contribution in [3.8, 4) is 11.5 Å². The van der Waals surface area contributed by atoms with Gasteiger partial charge in [0.25, 0.3) is 0 Å². The molecule has 1 aromatic carbocycles. The van der Waals surface area contributed by atoms with E-state index in [2.05, 4.69) is 39.6 Å². The van der Waals surface area contributed by atoms with Crippen LogP contribution in [0.1, 0.15) is 32.4 Å². The van der Waals surface area contributed by atoms with Crippen molar-refractivity contribution in [3.05, 3.63) is 48.2 Å². The summed E-state index contributed by atoms with van der Waals surface area (Å²) >= 11 is 0. The van der Waals surface area contributed by atoms with E-state index in [4.69, 9.17) is 14.5 Å². The molecule has 1 fully saturated rings. The molecule has 0 bridgehead atoms. The van der Waals surface area contributed by atoms with Gasteiger partial charge in [0.2, 0.25) is 0 Å². The van der Waals surface area contributed by atoms with Crippen molar-refractivity contribution in [2.75, 3.05) is 38.2 Å². The van der Waals surface area contributed by atoms with Gasteiger partial charge < -0.3 is 25.0 Å². The van der Waals surface area contributed by atoms with Crippen LogP contribution in [0.3, 0.4) is 0 Å². The van der Waals surface area contributed by atoms with Gasteiger partial charge >= 0.3 is 0 Å². The number of nitrogens with zero attached hydrogens (tertiary/aromatic N) is 3. The van der Waals surface area contributed by atoms with Crippen LogP contribution < -0.4 is 25.0 Å². The summed E-state index contributed by atoms with van der Waals surface area (Å²) in [4.78, 5) is 11.8. The zero-order valence-corrected chi connectivity index (χ0v) is 19.1. The van der Waals surface area contributed by atoms with Crippen LogP contribution in [0.2, 0.25) is 0 Å². The van der Waals surface area contributed by atoms with Crippen molar-refractivity contribution in [2.24, 2.45) is 4.99 Å². The SMILES string of the molecule is CCNC(=NCC(C)Oc1cccc(OC)c1)NC1CCN(c2cccc(C)n2)CC1. The minimum atomic E-state index is -0.0446. The Labute approximate surface area is 185 Å². The summed E-state index contributed by atoms with van der Waals surface area (Å²) in [7, 11) is 1.66. The van der Waals surface area contributed by atoms with E-state index in [0.29, 0.717) is 12.6 Å². The van der Waals surface area contributed by atoms with E-state index in [1.165, 1.54) is 0 Å². The molecule has 1 atom stereocenters. The van der Waals surface area contributed by atoms with Gasteiger partial charge in [-0.25, -0.2) is 9.98 Å². The van der Waals surface area contributed by atoms with Crippen LogP contribution in [-0.4, -0.2) is 56.4 Å². The summed E-state index contributed by atoms with van der Waals surface area (Å²) in [5.41, 5.74) is 1.06. The summed E-state index contributed by atoms with van der Waals surface area (Å²) in [6, 6.07) is 14.3. The van der Waals surface area contributed by atoms with Crippen LogP contribution in [-0.2, 0) is 0 Å². The molecule has 168 valence electrons. The first-order valence-electron chi connectivity index (χ1n) is 11.1. The third kappa shape index (κ3) is 7.05. The number of methoxy groups -OCH3 is 1. The number of hydrogen-bond donors (Lipinski definition) is 2. The van der Waals surface area contributed by atoms with E-state index in [0.717, 1.165) is 61.4 Å². The maximum absolute atomic E-state index is 5.99. The molecule has 3 rings (SSSR count). The topological polar surface area (TPSA) is 71.0 Å². The normalized spacial score (nSPS) is 16.0.